The minimum atomic E-state index is -3.70. The van der Waals surface area contributed by atoms with Crippen molar-refractivity contribution in [1.82, 2.24) is 0 Å². The third kappa shape index (κ3) is 3.93. The second-order valence-electron chi connectivity index (χ2n) is 16.3. The van der Waals surface area contributed by atoms with Crippen LogP contribution in [-0.4, -0.2) is 20.1 Å². The van der Waals surface area contributed by atoms with Gasteiger partial charge in [-0.3, -0.25) is 0 Å². The Kier molecular flexibility index (Phi) is 6.71. The van der Waals surface area contributed by atoms with E-state index in [0.717, 1.165) is 24.8 Å². The smallest absolute Gasteiger partial charge is 0.238 e. The van der Waals surface area contributed by atoms with Gasteiger partial charge in [0.15, 0.2) is 0 Å². The summed E-state index contributed by atoms with van der Waals surface area (Å²) in [7, 11) is -3.70. The van der Waals surface area contributed by atoms with Gasteiger partial charge in [-0.15, -0.1) is 0 Å². The molecule has 0 bridgehead atoms. The zero-order valence-corrected chi connectivity index (χ0v) is 27.1. The third-order valence-electron chi connectivity index (χ3n) is 14.6. The maximum Gasteiger partial charge on any atom is 0.238 e. The lowest BCUT2D eigenvalue weighted by Crippen LogP contribution is -2.65. The number of aliphatic hydroxyl groups excluding tert-OH is 1. The molecule has 41 heavy (non-hydrogen) atoms. The van der Waals surface area contributed by atoms with Gasteiger partial charge in [0.1, 0.15) is 0 Å². The van der Waals surface area contributed by atoms with E-state index in [4.69, 9.17) is 5.14 Å². The first-order valence-corrected chi connectivity index (χ1v) is 17.7. The van der Waals surface area contributed by atoms with Gasteiger partial charge < -0.3 is 5.11 Å². The second kappa shape index (κ2) is 9.29. The molecule has 4 saturated carbocycles. The molecule has 9 atom stereocenters. The Morgan fingerprint density at radius 1 is 0.927 bits per heavy atom. The summed E-state index contributed by atoms with van der Waals surface area (Å²) in [5, 5.41) is 16.2. The van der Waals surface area contributed by atoms with E-state index >= 15 is 0 Å². The quantitative estimate of drug-likeness (QED) is 0.355. The van der Waals surface area contributed by atoms with Crippen LogP contribution in [0.5, 0.6) is 0 Å². The number of rotatable bonds is 4. The molecule has 3 N–H and O–H groups in total. The molecule has 4 fully saturated rings. The van der Waals surface area contributed by atoms with Crippen molar-refractivity contribution in [1.29, 1.82) is 0 Å². The standard InChI is InChI=1S/C36H53NO3S/c1-23(2)26-14-19-36(22-38)21-20-34(6)28(31(26)36)12-13-30-33(5)17-15-27(24-8-10-25(11-9-24)41(37,39)40)32(3,4)29(33)16-18-35(30,34)7/h8-11,15,26,28-31,38H,1,12-14,16-22H2,2-7H3,(H2,37,39,40)/t26-,28+,29-,30+,31?,33-,34+,35+,36+/m0/s1. The number of sulfonamides is 1. The minimum Gasteiger partial charge on any atom is -0.396 e. The molecule has 1 aromatic carbocycles. The summed E-state index contributed by atoms with van der Waals surface area (Å²) in [5.41, 5.74) is 4.68. The van der Waals surface area contributed by atoms with Crippen molar-refractivity contribution in [2.75, 3.05) is 6.61 Å². The van der Waals surface area contributed by atoms with Crippen molar-refractivity contribution in [3.8, 4) is 0 Å². The Bertz CT molecular complexity index is 1380. The normalized spacial score (nSPS) is 45.1. The minimum absolute atomic E-state index is 0.00963. The summed E-state index contributed by atoms with van der Waals surface area (Å²) in [6.07, 6.45) is 13.4. The van der Waals surface area contributed by atoms with Gasteiger partial charge in [-0.1, -0.05) is 65.0 Å². The van der Waals surface area contributed by atoms with Crippen LogP contribution < -0.4 is 5.14 Å². The van der Waals surface area contributed by atoms with Gasteiger partial charge >= 0.3 is 0 Å². The number of primary sulfonamides is 1. The van der Waals surface area contributed by atoms with Gasteiger partial charge in [0, 0.05) is 6.61 Å². The van der Waals surface area contributed by atoms with Crippen LogP contribution >= 0.6 is 0 Å². The summed E-state index contributed by atoms with van der Waals surface area (Å²) < 4.78 is 23.7. The van der Waals surface area contributed by atoms with E-state index in [9.17, 15) is 13.5 Å². The first kappa shape index (κ1) is 29.6. The van der Waals surface area contributed by atoms with E-state index in [1.165, 1.54) is 49.7 Å². The highest BCUT2D eigenvalue weighted by molar-refractivity contribution is 7.89. The predicted octanol–water partition coefficient (Wildman–Crippen LogP) is 7.98. The topological polar surface area (TPSA) is 80.4 Å². The molecule has 1 unspecified atom stereocenters. The number of nitrogens with two attached hydrogens (primary N) is 1. The van der Waals surface area contributed by atoms with Crippen LogP contribution in [0.2, 0.25) is 0 Å². The maximum atomic E-state index is 11.9. The summed E-state index contributed by atoms with van der Waals surface area (Å²) in [6.45, 7) is 19.8. The highest BCUT2D eigenvalue weighted by Gasteiger charge is 2.70. The number of hydrogen-bond donors (Lipinski definition) is 2. The molecule has 4 nitrogen and oxygen atoms in total. The van der Waals surface area contributed by atoms with Crippen molar-refractivity contribution >= 4 is 15.6 Å². The zero-order chi connectivity index (χ0) is 29.8. The summed E-state index contributed by atoms with van der Waals surface area (Å²) in [6, 6.07) is 7.22. The molecule has 0 amide bonds. The third-order valence-corrected chi connectivity index (χ3v) is 15.6. The van der Waals surface area contributed by atoms with Crippen LogP contribution in [0.3, 0.4) is 0 Å². The molecule has 1 aromatic rings. The van der Waals surface area contributed by atoms with E-state index < -0.39 is 10.0 Å². The fourth-order valence-electron chi connectivity index (χ4n) is 12.5. The summed E-state index contributed by atoms with van der Waals surface area (Å²) in [5.74, 6) is 3.03. The number of benzene rings is 1. The van der Waals surface area contributed by atoms with Crippen molar-refractivity contribution in [3.63, 3.8) is 0 Å². The van der Waals surface area contributed by atoms with Gasteiger partial charge in [-0.2, -0.15) is 0 Å². The van der Waals surface area contributed by atoms with Crippen LogP contribution in [0.25, 0.3) is 5.57 Å². The molecule has 0 aromatic heterocycles. The molecule has 5 aliphatic carbocycles. The Balaban J connectivity index is 1.36. The average Bonchev–Trinajstić information content (AvgIpc) is 3.29. The van der Waals surface area contributed by atoms with Gasteiger partial charge in [-0.25, -0.2) is 13.6 Å². The molecule has 0 spiro atoms. The summed E-state index contributed by atoms with van der Waals surface area (Å²) >= 11 is 0. The second-order valence-corrected chi connectivity index (χ2v) is 17.9. The Hall–Kier alpha value is -1.43. The van der Waals surface area contributed by atoms with E-state index in [2.05, 4.69) is 54.2 Å². The fraction of sp³-hybridized carbons (Fsp3) is 0.722. The number of fused-ring (bicyclic) bond motifs is 7. The fourth-order valence-corrected chi connectivity index (χ4v) is 13.0. The first-order chi connectivity index (χ1) is 19.1. The molecular formula is C36H53NO3S. The molecule has 5 aliphatic rings. The van der Waals surface area contributed by atoms with Crippen molar-refractivity contribution in [2.45, 2.75) is 104 Å². The van der Waals surface area contributed by atoms with E-state index in [0.29, 0.717) is 36.2 Å². The van der Waals surface area contributed by atoms with Gasteiger partial charge in [0.05, 0.1) is 4.90 Å². The first-order valence-electron chi connectivity index (χ1n) is 16.2. The van der Waals surface area contributed by atoms with Crippen LogP contribution in [0.15, 0.2) is 47.4 Å². The predicted molar refractivity (Wildman–Crippen MR) is 167 cm³/mol. The number of allylic oxidation sites excluding steroid dienone is 3. The Labute approximate surface area is 249 Å². The maximum absolute atomic E-state index is 11.9. The van der Waals surface area contributed by atoms with Crippen molar-refractivity contribution in [2.24, 2.45) is 61.8 Å². The lowest BCUT2D eigenvalue weighted by atomic mass is 9.32. The van der Waals surface area contributed by atoms with E-state index in [1.54, 1.807) is 12.1 Å². The van der Waals surface area contributed by atoms with Crippen LogP contribution in [0.1, 0.15) is 105 Å². The molecule has 0 aliphatic heterocycles. The Morgan fingerprint density at radius 2 is 1.61 bits per heavy atom. The monoisotopic (exact) mass is 579 g/mol. The number of hydrogen-bond acceptors (Lipinski definition) is 3. The van der Waals surface area contributed by atoms with Crippen molar-refractivity contribution in [3.05, 3.63) is 48.1 Å². The SMILES string of the molecule is C=C(C)[C@@H]1CC[C@]2(CO)CC[C@]3(C)[C@H](CC[C@@H]4[C@@]5(C)CC=C(c6ccc(S(N)(=O)=O)cc6)C(C)(C)[C@@H]5CC[C@]43C)C12. The van der Waals surface area contributed by atoms with Crippen LogP contribution in [0.4, 0.5) is 0 Å². The lowest BCUT2D eigenvalue weighted by molar-refractivity contribution is -0.228. The van der Waals surface area contributed by atoms with Gasteiger partial charge in [0.25, 0.3) is 0 Å². The molecule has 5 heteroatoms. The highest BCUT2D eigenvalue weighted by atomic mass is 32.2. The largest absolute Gasteiger partial charge is 0.396 e. The van der Waals surface area contributed by atoms with E-state index in [-0.39, 0.29) is 32.0 Å². The average molecular weight is 580 g/mol. The molecule has 0 saturated heterocycles. The summed E-state index contributed by atoms with van der Waals surface area (Å²) in [4.78, 5) is 0.174. The van der Waals surface area contributed by atoms with Crippen molar-refractivity contribution < 1.29 is 13.5 Å². The van der Waals surface area contributed by atoms with Crippen LogP contribution in [0, 0.1) is 56.7 Å². The van der Waals surface area contributed by atoms with Crippen LogP contribution in [-0.2, 0) is 10.0 Å². The Morgan fingerprint density at radius 3 is 2.22 bits per heavy atom. The molecule has 0 heterocycles. The van der Waals surface area contributed by atoms with E-state index in [1.807, 2.05) is 12.1 Å². The highest BCUT2D eigenvalue weighted by Crippen LogP contribution is 2.77. The zero-order valence-electron chi connectivity index (χ0n) is 26.3. The molecule has 226 valence electrons. The van der Waals surface area contributed by atoms with Gasteiger partial charge in [-0.05, 0) is 145 Å². The lowest BCUT2D eigenvalue weighted by Gasteiger charge is -2.72. The van der Waals surface area contributed by atoms with Gasteiger partial charge in [0.2, 0.25) is 10.0 Å². The molecule has 0 radical (unpaired) electrons. The molecule has 6 rings (SSSR count). The molecular weight excluding hydrogens is 526 g/mol. The number of aliphatic hydroxyl groups is 1.